The molecule has 1 saturated carbocycles. The highest BCUT2D eigenvalue weighted by Crippen LogP contribution is 2.42. The van der Waals surface area contributed by atoms with Crippen LogP contribution in [0, 0.1) is 0 Å². The van der Waals surface area contributed by atoms with E-state index in [-0.39, 0.29) is 10.5 Å². The van der Waals surface area contributed by atoms with E-state index in [9.17, 15) is 8.42 Å². The Kier molecular flexibility index (Phi) is 5.56. The van der Waals surface area contributed by atoms with Crippen molar-refractivity contribution in [2.24, 2.45) is 0 Å². The minimum absolute atomic E-state index is 0.172. The fourth-order valence-corrected chi connectivity index (χ4v) is 3.78. The van der Waals surface area contributed by atoms with Gasteiger partial charge in [0.25, 0.3) is 0 Å². The summed E-state index contributed by atoms with van der Waals surface area (Å²) in [6, 6.07) is 0. The van der Waals surface area contributed by atoms with Crippen LogP contribution in [0.1, 0.15) is 26.2 Å². The summed E-state index contributed by atoms with van der Waals surface area (Å²) >= 11 is 1.79. The van der Waals surface area contributed by atoms with E-state index in [1.165, 1.54) is 6.42 Å². The summed E-state index contributed by atoms with van der Waals surface area (Å²) in [6.07, 6.45) is 5.54. The van der Waals surface area contributed by atoms with E-state index < -0.39 is 10.0 Å². The van der Waals surface area contributed by atoms with Crippen molar-refractivity contribution in [3.8, 4) is 0 Å². The summed E-state index contributed by atoms with van der Waals surface area (Å²) in [5.41, 5.74) is 0. The normalized spacial score (nSPS) is 19.4. The average molecular weight is 266 g/mol. The maximum Gasteiger partial charge on any atom is 0.212 e. The predicted molar refractivity (Wildman–Crippen MR) is 70.4 cm³/mol. The minimum Gasteiger partial charge on any atom is -0.316 e. The Bertz CT molecular complexity index is 294. The van der Waals surface area contributed by atoms with Gasteiger partial charge in [-0.2, -0.15) is 11.8 Å². The summed E-state index contributed by atoms with van der Waals surface area (Å²) in [7, 11) is -3.10. The van der Waals surface area contributed by atoms with Gasteiger partial charge in [-0.05, 0) is 25.6 Å². The molecular weight excluding hydrogens is 244 g/mol. The van der Waals surface area contributed by atoms with Gasteiger partial charge in [0, 0.05) is 17.8 Å². The van der Waals surface area contributed by atoms with Crippen LogP contribution in [0.25, 0.3) is 0 Å². The Morgan fingerprint density at radius 1 is 1.38 bits per heavy atom. The van der Waals surface area contributed by atoms with Crippen molar-refractivity contribution in [3.05, 3.63) is 0 Å². The highest BCUT2D eigenvalue weighted by atomic mass is 32.2. The van der Waals surface area contributed by atoms with Gasteiger partial charge in [-0.3, -0.25) is 0 Å². The average Bonchev–Trinajstić information content (AvgIpc) is 2.17. The molecule has 0 amide bonds. The number of rotatable bonds is 8. The Morgan fingerprint density at radius 2 is 2.06 bits per heavy atom. The lowest BCUT2D eigenvalue weighted by molar-refractivity contribution is 0.362. The van der Waals surface area contributed by atoms with Gasteiger partial charge in [-0.15, -0.1) is 0 Å². The molecule has 96 valence electrons. The number of thioether (sulfide) groups is 1. The van der Waals surface area contributed by atoms with Gasteiger partial charge in [0.1, 0.15) is 0 Å². The van der Waals surface area contributed by atoms with E-state index in [4.69, 9.17) is 0 Å². The Balaban J connectivity index is 2.30. The summed E-state index contributed by atoms with van der Waals surface area (Å²) in [5.74, 6) is 0.172. The molecule has 0 radical (unpaired) electrons. The molecule has 4 nitrogen and oxygen atoms in total. The highest BCUT2D eigenvalue weighted by molar-refractivity contribution is 8.00. The Labute approximate surface area is 103 Å². The number of hydrogen-bond acceptors (Lipinski definition) is 4. The smallest absolute Gasteiger partial charge is 0.212 e. The van der Waals surface area contributed by atoms with Crippen LogP contribution in [0.3, 0.4) is 0 Å². The standard InChI is InChI=1S/C10H22N2O2S2/c1-3-11-7-8-16(13,14)12-9-10(15-2)5-4-6-10/h11-12H,3-9H2,1-2H3. The van der Waals surface area contributed by atoms with Crippen LogP contribution in [0.15, 0.2) is 0 Å². The molecular formula is C10H22N2O2S2. The number of sulfonamides is 1. The van der Waals surface area contributed by atoms with Crippen LogP contribution in [-0.2, 0) is 10.0 Å². The molecule has 2 N–H and O–H groups in total. The van der Waals surface area contributed by atoms with E-state index in [0.717, 1.165) is 19.4 Å². The van der Waals surface area contributed by atoms with Gasteiger partial charge in [0.2, 0.25) is 10.0 Å². The maximum atomic E-state index is 11.6. The summed E-state index contributed by atoms with van der Waals surface area (Å²) in [6.45, 7) is 3.89. The SMILES string of the molecule is CCNCCS(=O)(=O)NCC1(SC)CCC1. The van der Waals surface area contributed by atoms with Crippen LogP contribution in [0.4, 0.5) is 0 Å². The van der Waals surface area contributed by atoms with Gasteiger partial charge < -0.3 is 5.32 Å². The topological polar surface area (TPSA) is 58.2 Å². The van der Waals surface area contributed by atoms with E-state index in [0.29, 0.717) is 13.1 Å². The van der Waals surface area contributed by atoms with E-state index in [1.807, 2.05) is 6.92 Å². The molecule has 1 rings (SSSR count). The number of hydrogen-bond donors (Lipinski definition) is 2. The fraction of sp³-hybridized carbons (Fsp3) is 1.00. The van der Waals surface area contributed by atoms with Gasteiger partial charge in [-0.1, -0.05) is 13.3 Å². The molecule has 0 saturated heterocycles. The third-order valence-corrected chi connectivity index (χ3v) is 5.85. The van der Waals surface area contributed by atoms with Gasteiger partial charge in [-0.25, -0.2) is 13.1 Å². The van der Waals surface area contributed by atoms with Crippen molar-refractivity contribution in [3.63, 3.8) is 0 Å². The largest absolute Gasteiger partial charge is 0.316 e. The Hall–Kier alpha value is 0.220. The van der Waals surface area contributed by atoms with Crippen molar-refractivity contribution in [2.45, 2.75) is 30.9 Å². The highest BCUT2D eigenvalue weighted by Gasteiger charge is 2.36. The summed E-state index contributed by atoms with van der Waals surface area (Å²) < 4.78 is 26.2. The summed E-state index contributed by atoms with van der Waals surface area (Å²) in [5, 5.41) is 3.02. The Morgan fingerprint density at radius 3 is 2.50 bits per heavy atom. The lowest BCUT2D eigenvalue weighted by Crippen LogP contribution is -2.46. The zero-order chi connectivity index (χ0) is 12.1. The second-order valence-electron chi connectivity index (χ2n) is 4.23. The first kappa shape index (κ1) is 14.3. The molecule has 0 spiro atoms. The van der Waals surface area contributed by atoms with E-state index in [1.54, 1.807) is 11.8 Å². The molecule has 0 aromatic carbocycles. The summed E-state index contributed by atoms with van der Waals surface area (Å²) in [4.78, 5) is 0. The first-order valence-electron chi connectivity index (χ1n) is 5.77. The lowest BCUT2D eigenvalue weighted by atomic mass is 9.84. The van der Waals surface area contributed by atoms with Crippen molar-refractivity contribution < 1.29 is 8.42 Å². The van der Waals surface area contributed by atoms with E-state index in [2.05, 4.69) is 16.3 Å². The molecule has 1 aliphatic carbocycles. The zero-order valence-corrected chi connectivity index (χ0v) is 11.7. The van der Waals surface area contributed by atoms with Gasteiger partial charge in [0.15, 0.2) is 0 Å². The van der Waals surface area contributed by atoms with Crippen molar-refractivity contribution in [1.29, 1.82) is 0 Å². The minimum atomic E-state index is -3.10. The molecule has 0 heterocycles. The molecule has 0 bridgehead atoms. The molecule has 1 aliphatic rings. The third-order valence-electron chi connectivity index (χ3n) is 3.11. The molecule has 0 unspecified atom stereocenters. The molecule has 0 aliphatic heterocycles. The second-order valence-corrected chi connectivity index (χ2v) is 7.43. The van der Waals surface area contributed by atoms with Crippen LogP contribution in [0.2, 0.25) is 0 Å². The van der Waals surface area contributed by atoms with Gasteiger partial charge in [0.05, 0.1) is 5.75 Å². The van der Waals surface area contributed by atoms with Crippen molar-refractivity contribution in [1.82, 2.24) is 10.0 Å². The quantitative estimate of drug-likeness (QED) is 0.638. The number of nitrogens with one attached hydrogen (secondary N) is 2. The zero-order valence-electron chi connectivity index (χ0n) is 10.1. The molecule has 0 aromatic rings. The van der Waals surface area contributed by atoms with E-state index >= 15 is 0 Å². The predicted octanol–water partition coefficient (Wildman–Crippen LogP) is 0.801. The monoisotopic (exact) mass is 266 g/mol. The first-order valence-corrected chi connectivity index (χ1v) is 8.64. The first-order chi connectivity index (χ1) is 7.54. The van der Waals surface area contributed by atoms with Crippen LogP contribution < -0.4 is 10.0 Å². The van der Waals surface area contributed by atoms with Gasteiger partial charge >= 0.3 is 0 Å². The molecule has 0 atom stereocenters. The lowest BCUT2D eigenvalue weighted by Gasteiger charge is -2.40. The fourth-order valence-electron chi connectivity index (χ4n) is 1.72. The van der Waals surface area contributed by atoms with Crippen LogP contribution in [0.5, 0.6) is 0 Å². The second kappa shape index (κ2) is 6.23. The third kappa shape index (κ3) is 4.24. The molecule has 1 fully saturated rings. The molecule has 0 aromatic heterocycles. The van der Waals surface area contributed by atoms with Crippen LogP contribution in [-0.4, -0.2) is 44.8 Å². The molecule has 6 heteroatoms. The maximum absolute atomic E-state index is 11.6. The van der Waals surface area contributed by atoms with Crippen molar-refractivity contribution >= 4 is 21.8 Å². The van der Waals surface area contributed by atoms with Crippen LogP contribution >= 0.6 is 11.8 Å². The molecule has 16 heavy (non-hydrogen) atoms. The van der Waals surface area contributed by atoms with Crippen molar-refractivity contribution in [2.75, 3.05) is 31.6 Å².